The topological polar surface area (TPSA) is 69.6 Å². The number of aromatic hydroxyl groups is 1. The fourth-order valence-corrected chi connectivity index (χ4v) is 3.25. The van der Waals surface area contributed by atoms with Crippen LogP contribution in [0.3, 0.4) is 0 Å². The van der Waals surface area contributed by atoms with Crippen LogP contribution in [0.5, 0.6) is 5.75 Å². The van der Waals surface area contributed by atoms with Gasteiger partial charge in [0.1, 0.15) is 5.69 Å². The molecule has 1 aliphatic rings. The smallest absolute Gasteiger partial charge is 0.419 e. The molecule has 0 aliphatic carbocycles. The van der Waals surface area contributed by atoms with E-state index >= 15 is 0 Å². The fourth-order valence-electron chi connectivity index (χ4n) is 3.25. The number of nitrogens with zero attached hydrogens (tertiary/aromatic N) is 1. The molecule has 5 nitrogen and oxygen atoms in total. The summed E-state index contributed by atoms with van der Waals surface area (Å²) in [7, 11) is 0. The first-order valence-corrected chi connectivity index (χ1v) is 8.47. The van der Waals surface area contributed by atoms with Gasteiger partial charge in [0, 0.05) is 18.7 Å². The molecule has 0 spiro atoms. The molecule has 148 valence electrons. The summed E-state index contributed by atoms with van der Waals surface area (Å²) in [6.07, 6.45) is -4.17. The van der Waals surface area contributed by atoms with Gasteiger partial charge in [-0.25, -0.2) is 4.39 Å². The molecule has 0 aromatic heterocycles. The second-order valence-electron chi connectivity index (χ2n) is 6.30. The van der Waals surface area contributed by atoms with Crippen LogP contribution in [0.1, 0.15) is 39.1 Å². The van der Waals surface area contributed by atoms with Crippen LogP contribution in [0, 0.1) is 5.82 Å². The summed E-state index contributed by atoms with van der Waals surface area (Å²) in [4.78, 5) is 24.9. The van der Waals surface area contributed by atoms with Crippen molar-refractivity contribution in [2.75, 3.05) is 23.3 Å². The highest BCUT2D eigenvalue weighted by molar-refractivity contribution is 6.06. The van der Waals surface area contributed by atoms with Crippen LogP contribution in [0.15, 0.2) is 30.3 Å². The molecule has 0 saturated carbocycles. The van der Waals surface area contributed by atoms with Crippen LogP contribution in [0.25, 0.3) is 0 Å². The number of hydrogen-bond acceptors (Lipinski definition) is 4. The molecule has 3 rings (SSSR count). The summed E-state index contributed by atoms with van der Waals surface area (Å²) in [5.74, 6) is -3.52. The summed E-state index contributed by atoms with van der Waals surface area (Å²) < 4.78 is 55.6. The van der Waals surface area contributed by atoms with E-state index in [1.165, 1.54) is 17.0 Å². The van der Waals surface area contributed by atoms with Crippen molar-refractivity contribution in [2.24, 2.45) is 0 Å². The molecule has 0 unspecified atom stereocenters. The molecule has 28 heavy (non-hydrogen) atoms. The minimum absolute atomic E-state index is 0.108. The van der Waals surface area contributed by atoms with Crippen LogP contribution in [0.4, 0.5) is 28.9 Å². The van der Waals surface area contributed by atoms with Crippen molar-refractivity contribution in [1.29, 1.82) is 0 Å². The highest BCUT2D eigenvalue weighted by Gasteiger charge is 2.43. The Bertz CT molecular complexity index is 908. The molecule has 2 N–H and O–H groups in total. The predicted molar refractivity (Wildman–Crippen MR) is 94.3 cm³/mol. The van der Waals surface area contributed by atoms with Gasteiger partial charge in [-0.05, 0) is 25.0 Å². The lowest BCUT2D eigenvalue weighted by atomic mass is 10.0. The Hall–Kier alpha value is -3.10. The Balaban J connectivity index is 2.19. The van der Waals surface area contributed by atoms with Crippen LogP contribution in [-0.4, -0.2) is 30.4 Å². The molecule has 9 heteroatoms. The minimum atomic E-state index is -5.07. The van der Waals surface area contributed by atoms with Crippen molar-refractivity contribution in [3.05, 3.63) is 52.8 Å². The fraction of sp³-hybridized carbons (Fsp3) is 0.263. The Morgan fingerprint density at radius 2 is 1.75 bits per heavy atom. The molecule has 0 bridgehead atoms. The Kier molecular flexibility index (Phi) is 5.26. The van der Waals surface area contributed by atoms with E-state index < -0.39 is 46.2 Å². The van der Waals surface area contributed by atoms with Gasteiger partial charge in [-0.3, -0.25) is 9.59 Å². The second kappa shape index (κ2) is 7.49. The maximum atomic E-state index is 14.7. The Morgan fingerprint density at radius 1 is 1.14 bits per heavy atom. The van der Waals surface area contributed by atoms with Crippen LogP contribution in [-0.2, 0) is 6.18 Å². The molecule has 2 aromatic carbocycles. The Labute approximate surface area is 157 Å². The lowest BCUT2D eigenvalue weighted by Crippen LogP contribution is -2.25. The van der Waals surface area contributed by atoms with Crippen LogP contribution >= 0.6 is 0 Å². The van der Waals surface area contributed by atoms with Gasteiger partial charge in [0.25, 0.3) is 5.91 Å². The van der Waals surface area contributed by atoms with E-state index in [1.54, 1.807) is 18.2 Å². The van der Waals surface area contributed by atoms with E-state index in [2.05, 4.69) is 5.32 Å². The largest absolute Gasteiger partial charge is 0.504 e. The average Bonchev–Trinajstić information content (AvgIpc) is 3.18. The van der Waals surface area contributed by atoms with Crippen molar-refractivity contribution in [2.45, 2.75) is 19.0 Å². The van der Waals surface area contributed by atoms with E-state index in [9.17, 15) is 32.3 Å². The number of benzene rings is 2. The molecule has 0 radical (unpaired) electrons. The van der Waals surface area contributed by atoms with Gasteiger partial charge >= 0.3 is 6.18 Å². The summed E-state index contributed by atoms with van der Waals surface area (Å²) in [5.41, 5.74) is -4.24. The van der Waals surface area contributed by atoms with Gasteiger partial charge in [-0.1, -0.05) is 18.2 Å². The number of carbonyl (C=O) groups excluding carboxylic acids is 2. The second-order valence-corrected chi connectivity index (χ2v) is 6.30. The van der Waals surface area contributed by atoms with Crippen LogP contribution in [0.2, 0.25) is 0 Å². The first-order chi connectivity index (χ1) is 13.3. The molecule has 2 aromatic rings. The van der Waals surface area contributed by atoms with Gasteiger partial charge in [0.15, 0.2) is 17.9 Å². The number of amides is 1. The monoisotopic (exact) mass is 396 g/mol. The van der Waals surface area contributed by atoms with Crippen molar-refractivity contribution in [1.82, 2.24) is 0 Å². The molecular weight excluding hydrogens is 380 g/mol. The summed E-state index contributed by atoms with van der Waals surface area (Å²) >= 11 is 0. The minimum Gasteiger partial charge on any atom is -0.504 e. The number of alkyl halides is 3. The molecule has 1 aliphatic heterocycles. The SMILES string of the molecule is O=Cc1c(F)c(NC(=O)c2ccccc2)c(O)c(N2CCCC2)c1C(F)(F)F. The van der Waals surface area contributed by atoms with Crippen molar-refractivity contribution in [3.8, 4) is 5.75 Å². The highest BCUT2D eigenvalue weighted by atomic mass is 19.4. The van der Waals surface area contributed by atoms with E-state index in [0.717, 1.165) is 0 Å². The molecular formula is C19H16F4N2O3. The van der Waals surface area contributed by atoms with E-state index in [0.29, 0.717) is 12.8 Å². The number of rotatable bonds is 4. The lowest BCUT2D eigenvalue weighted by Gasteiger charge is -2.27. The molecule has 1 amide bonds. The lowest BCUT2D eigenvalue weighted by molar-refractivity contribution is -0.137. The predicted octanol–water partition coefficient (Wildman–Crippen LogP) is 4.22. The third kappa shape index (κ3) is 3.51. The van der Waals surface area contributed by atoms with Crippen LogP contribution < -0.4 is 10.2 Å². The van der Waals surface area contributed by atoms with E-state index in [-0.39, 0.29) is 24.9 Å². The summed E-state index contributed by atoms with van der Waals surface area (Å²) in [5, 5.41) is 12.6. The first kappa shape index (κ1) is 19.7. The van der Waals surface area contributed by atoms with E-state index in [1.807, 2.05) is 0 Å². The third-order valence-electron chi connectivity index (χ3n) is 4.52. The molecule has 1 fully saturated rings. The quantitative estimate of drug-likeness (QED) is 0.461. The first-order valence-electron chi connectivity index (χ1n) is 8.47. The average molecular weight is 396 g/mol. The van der Waals surface area contributed by atoms with E-state index in [4.69, 9.17) is 0 Å². The standard InChI is InChI=1S/C19H16F4N2O3/c20-14-12(10-26)13(19(21,22)23)16(25-8-4-5-9-25)17(27)15(14)24-18(28)11-6-2-1-3-7-11/h1-3,6-7,10,27H,4-5,8-9H2,(H,24,28). The zero-order valence-corrected chi connectivity index (χ0v) is 14.5. The number of hydrogen-bond donors (Lipinski definition) is 2. The normalized spacial score (nSPS) is 14.2. The third-order valence-corrected chi connectivity index (χ3v) is 4.52. The molecule has 1 heterocycles. The van der Waals surface area contributed by atoms with Crippen molar-refractivity contribution in [3.63, 3.8) is 0 Å². The van der Waals surface area contributed by atoms with Crippen molar-refractivity contribution < 1.29 is 32.3 Å². The van der Waals surface area contributed by atoms with Gasteiger partial charge in [0.05, 0.1) is 16.8 Å². The number of halogens is 4. The van der Waals surface area contributed by atoms with Gasteiger partial charge in [-0.15, -0.1) is 0 Å². The zero-order valence-electron chi connectivity index (χ0n) is 14.5. The zero-order chi connectivity index (χ0) is 20.5. The highest BCUT2D eigenvalue weighted by Crippen LogP contribution is 2.49. The van der Waals surface area contributed by atoms with Gasteiger partial charge in [-0.2, -0.15) is 13.2 Å². The number of nitrogens with one attached hydrogen (secondary N) is 1. The maximum Gasteiger partial charge on any atom is 0.419 e. The number of carbonyl (C=O) groups is 2. The summed E-state index contributed by atoms with van der Waals surface area (Å²) in [6.45, 7) is 0.402. The number of aldehydes is 1. The summed E-state index contributed by atoms with van der Waals surface area (Å²) in [6, 6.07) is 7.56. The van der Waals surface area contributed by atoms with Crippen molar-refractivity contribution >= 4 is 23.6 Å². The number of phenolic OH excluding ortho intramolecular Hbond substituents is 1. The molecule has 0 atom stereocenters. The number of anilines is 2. The van der Waals surface area contributed by atoms with Gasteiger partial charge < -0.3 is 15.3 Å². The van der Waals surface area contributed by atoms with Gasteiger partial charge in [0.2, 0.25) is 0 Å². The molecule has 1 saturated heterocycles. The Morgan fingerprint density at radius 3 is 2.29 bits per heavy atom. The maximum absolute atomic E-state index is 14.7. The number of phenols is 1.